The van der Waals surface area contributed by atoms with Gasteiger partial charge in [0.2, 0.25) is 15.9 Å². The molecule has 140 valence electrons. The summed E-state index contributed by atoms with van der Waals surface area (Å²) in [7, 11) is -2.74. The van der Waals surface area contributed by atoms with Crippen molar-refractivity contribution in [1.82, 2.24) is 4.72 Å². The number of carbonyl (C=O) groups is 1. The molecule has 0 aliphatic carbocycles. The summed E-state index contributed by atoms with van der Waals surface area (Å²) in [5.41, 5.74) is 0.201. The summed E-state index contributed by atoms with van der Waals surface area (Å²) in [6.07, 6.45) is 0. The Morgan fingerprint density at radius 1 is 1.12 bits per heavy atom. The van der Waals surface area contributed by atoms with Crippen molar-refractivity contribution >= 4 is 56.4 Å². The van der Waals surface area contributed by atoms with Crippen LogP contribution in [0.25, 0.3) is 0 Å². The van der Waals surface area contributed by atoms with Crippen LogP contribution in [-0.4, -0.2) is 27.5 Å². The molecule has 0 aromatic heterocycles. The molecule has 2 rings (SSSR count). The van der Waals surface area contributed by atoms with Gasteiger partial charge in [0.15, 0.2) is 0 Å². The highest BCUT2D eigenvalue weighted by Crippen LogP contribution is 2.30. The normalized spacial score (nSPS) is 12.5. The number of hydrogen-bond donors (Lipinski definition) is 2. The lowest BCUT2D eigenvalue weighted by Gasteiger charge is -2.17. The van der Waals surface area contributed by atoms with Crippen molar-refractivity contribution in [2.45, 2.75) is 17.9 Å². The lowest BCUT2D eigenvalue weighted by atomic mass is 10.3. The predicted molar refractivity (Wildman–Crippen MR) is 103 cm³/mol. The molecule has 0 bridgehead atoms. The number of carbonyl (C=O) groups excluding carboxylic acids is 1. The van der Waals surface area contributed by atoms with Gasteiger partial charge >= 0.3 is 0 Å². The summed E-state index contributed by atoms with van der Waals surface area (Å²) in [5, 5.41) is 3.19. The minimum Gasteiger partial charge on any atom is -0.495 e. The molecule has 0 fully saturated rings. The van der Waals surface area contributed by atoms with E-state index in [9.17, 15) is 13.2 Å². The first-order valence-electron chi connectivity index (χ1n) is 7.26. The quantitative estimate of drug-likeness (QED) is 0.716. The molecule has 2 aromatic rings. The monoisotopic (exact) mass is 436 g/mol. The van der Waals surface area contributed by atoms with Gasteiger partial charge in [-0.05, 0) is 37.3 Å². The van der Waals surface area contributed by atoms with Crippen molar-refractivity contribution in [3.05, 3.63) is 51.5 Å². The summed E-state index contributed by atoms with van der Waals surface area (Å²) in [6.45, 7) is 1.38. The van der Waals surface area contributed by atoms with Gasteiger partial charge in [0.25, 0.3) is 0 Å². The van der Waals surface area contributed by atoms with Crippen molar-refractivity contribution in [1.29, 1.82) is 0 Å². The van der Waals surface area contributed by atoms with Gasteiger partial charge in [-0.2, -0.15) is 4.72 Å². The highest BCUT2D eigenvalue weighted by Gasteiger charge is 2.26. The van der Waals surface area contributed by atoms with Gasteiger partial charge in [-0.15, -0.1) is 0 Å². The number of ether oxygens (including phenoxy) is 1. The van der Waals surface area contributed by atoms with Gasteiger partial charge in [0.1, 0.15) is 10.6 Å². The molecule has 0 heterocycles. The third-order valence-electron chi connectivity index (χ3n) is 3.35. The zero-order valence-corrected chi connectivity index (χ0v) is 16.8. The lowest BCUT2D eigenvalue weighted by molar-refractivity contribution is -0.117. The van der Waals surface area contributed by atoms with Crippen LogP contribution in [0.4, 0.5) is 5.69 Å². The molecular weight excluding hydrogens is 423 g/mol. The maximum absolute atomic E-state index is 12.6. The predicted octanol–water partition coefficient (Wildman–Crippen LogP) is 3.96. The molecule has 0 saturated carbocycles. The molecule has 0 spiro atoms. The fourth-order valence-electron chi connectivity index (χ4n) is 2.06. The van der Waals surface area contributed by atoms with E-state index in [0.717, 1.165) is 0 Å². The molecule has 0 saturated heterocycles. The van der Waals surface area contributed by atoms with Crippen molar-refractivity contribution in [2.24, 2.45) is 0 Å². The molecule has 26 heavy (non-hydrogen) atoms. The molecular formula is C16H15Cl3N2O4S. The van der Waals surface area contributed by atoms with Crippen molar-refractivity contribution in [2.75, 3.05) is 12.4 Å². The van der Waals surface area contributed by atoms with Crippen LogP contribution in [0.3, 0.4) is 0 Å². The van der Waals surface area contributed by atoms with Gasteiger partial charge in [0, 0.05) is 5.02 Å². The SMILES string of the molecule is COc1ccc(Cl)cc1S(=O)(=O)N[C@@H](C)C(=O)Nc1c(Cl)cccc1Cl. The topological polar surface area (TPSA) is 84.5 Å². The summed E-state index contributed by atoms with van der Waals surface area (Å²) in [4.78, 5) is 12.2. The maximum atomic E-state index is 12.6. The maximum Gasteiger partial charge on any atom is 0.245 e. The molecule has 6 nitrogen and oxygen atoms in total. The second-order valence-corrected chi connectivity index (χ2v) is 8.16. The summed E-state index contributed by atoms with van der Waals surface area (Å²) in [6, 6.07) is 7.76. The third kappa shape index (κ3) is 4.81. The molecule has 1 atom stereocenters. The Hall–Kier alpha value is -1.51. The fourth-order valence-corrected chi connectivity index (χ4v) is 4.19. The lowest BCUT2D eigenvalue weighted by Crippen LogP contribution is -2.41. The van der Waals surface area contributed by atoms with Crippen LogP contribution in [0.1, 0.15) is 6.92 Å². The summed E-state index contributed by atoms with van der Waals surface area (Å²) in [5.74, 6) is -0.534. The minimum absolute atomic E-state index is 0.101. The first-order valence-corrected chi connectivity index (χ1v) is 9.88. The van der Waals surface area contributed by atoms with E-state index in [-0.39, 0.29) is 31.4 Å². The van der Waals surface area contributed by atoms with Crippen LogP contribution in [0.15, 0.2) is 41.3 Å². The molecule has 0 aliphatic heterocycles. The number of nitrogens with one attached hydrogen (secondary N) is 2. The number of rotatable bonds is 6. The summed E-state index contributed by atoms with van der Waals surface area (Å²) >= 11 is 17.9. The van der Waals surface area contributed by atoms with E-state index in [1.165, 1.54) is 32.2 Å². The number of hydrogen-bond acceptors (Lipinski definition) is 4. The van der Waals surface area contributed by atoms with Gasteiger partial charge < -0.3 is 10.1 Å². The summed E-state index contributed by atoms with van der Waals surface area (Å²) < 4.78 is 32.5. The largest absolute Gasteiger partial charge is 0.495 e. The van der Waals surface area contributed by atoms with E-state index in [1.807, 2.05) is 0 Å². The first kappa shape index (κ1) is 20.8. The van der Waals surface area contributed by atoms with Crippen LogP contribution >= 0.6 is 34.8 Å². The number of anilines is 1. The molecule has 2 N–H and O–H groups in total. The van der Waals surface area contributed by atoms with E-state index >= 15 is 0 Å². The number of amides is 1. The average Bonchev–Trinajstić information content (AvgIpc) is 2.57. The van der Waals surface area contributed by atoms with E-state index in [2.05, 4.69) is 10.0 Å². The van der Waals surface area contributed by atoms with Crippen LogP contribution in [0.5, 0.6) is 5.75 Å². The van der Waals surface area contributed by atoms with Crippen LogP contribution < -0.4 is 14.8 Å². The highest BCUT2D eigenvalue weighted by molar-refractivity contribution is 7.89. The second kappa shape index (κ2) is 8.45. The molecule has 0 radical (unpaired) electrons. The number of sulfonamides is 1. The number of halogens is 3. The van der Waals surface area contributed by atoms with E-state index < -0.39 is 22.0 Å². The molecule has 10 heteroatoms. The van der Waals surface area contributed by atoms with E-state index in [4.69, 9.17) is 39.5 Å². The van der Waals surface area contributed by atoms with Gasteiger partial charge in [0.05, 0.1) is 28.9 Å². The third-order valence-corrected chi connectivity index (χ3v) is 5.78. The molecule has 0 aliphatic rings. The molecule has 0 unspecified atom stereocenters. The van der Waals surface area contributed by atoms with Crippen LogP contribution in [0, 0.1) is 0 Å². The average molecular weight is 438 g/mol. The number of benzene rings is 2. The Morgan fingerprint density at radius 2 is 1.73 bits per heavy atom. The zero-order chi connectivity index (χ0) is 19.5. The Labute approximate surface area is 166 Å². The Kier molecular flexibility index (Phi) is 6.76. The number of para-hydroxylation sites is 1. The Bertz CT molecular complexity index is 915. The van der Waals surface area contributed by atoms with Crippen molar-refractivity contribution < 1.29 is 17.9 Å². The van der Waals surface area contributed by atoms with E-state index in [1.54, 1.807) is 18.2 Å². The van der Waals surface area contributed by atoms with Crippen LogP contribution in [-0.2, 0) is 14.8 Å². The van der Waals surface area contributed by atoms with E-state index in [0.29, 0.717) is 0 Å². The Morgan fingerprint density at radius 3 is 2.31 bits per heavy atom. The molecule has 2 aromatic carbocycles. The second-order valence-electron chi connectivity index (χ2n) is 5.22. The smallest absolute Gasteiger partial charge is 0.245 e. The molecule has 1 amide bonds. The first-order chi connectivity index (χ1) is 12.2. The standard InChI is InChI=1S/C16H15Cl3N2O4S/c1-9(16(22)20-15-11(18)4-3-5-12(15)19)21-26(23,24)14-8-10(17)6-7-13(14)25-2/h3-9,21H,1-2H3,(H,20,22)/t9-/m0/s1. The fraction of sp³-hybridized carbons (Fsp3) is 0.188. The van der Waals surface area contributed by atoms with Gasteiger partial charge in [-0.25, -0.2) is 8.42 Å². The van der Waals surface area contributed by atoms with Crippen molar-refractivity contribution in [3.8, 4) is 5.75 Å². The van der Waals surface area contributed by atoms with Gasteiger partial charge in [-0.1, -0.05) is 40.9 Å². The van der Waals surface area contributed by atoms with Gasteiger partial charge in [-0.3, -0.25) is 4.79 Å². The number of methoxy groups -OCH3 is 1. The zero-order valence-electron chi connectivity index (χ0n) is 13.7. The Balaban J connectivity index is 2.22. The van der Waals surface area contributed by atoms with Crippen LogP contribution in [0.2, 0.25) is 15.1 Å². The van der Waals surface area contributed by atoms with Crippen molar-refractivity contribution in [3.63, 3.8) is 0 Å². The highest BCUT2D eigenvalue weighted by atomic mass is 35.5. The minimum atomic E-state index is -4.07.